The van der Waals surface area contributed by atoms with Crippen molar-refractivity contribution in [1.29, 1.82) is 0 Å². The summed E-state index contributed by atoms with van der Waals surface area (Å²) in [4.78, 5) is 0. The lowest BCUT2D eigenvalue weighted by atomic mass is 9.84. The van der Waals surface area contributed by atoms with Crippen LogP contribution in [-0.4, -0.2) is 0 Å². The van der Waals surface area contributed by atoms with Crippen LogP contribution in [0.1, 0.15) is 78.6 Å². The van der Waals surface area contributed by atoms with E-state index in [1.165, 1.54) is 57.8 Å². The summed E-state index contributed by atoms with van der Waals surface area (Å²) in [6, 6.07) is 0. The fourth-order valence-corrected chi connectivity index (χ4v) is 2.99. The summed E-state index contributed by atoms with van der Waals surface area (Å²) in [6.45, 7) is 7.21. The first-order valence-corrected chi connectivity index (χ1v) is 7.18. The monoisotopic (exact) mass is 210 g/mol. The molecule has 2 unspecified atom stereocenters. The van der Waals surface area contributed by atoms with Gasteiger partial charge in [0.1, 0.15) is 0 Å². The molecule has 90 valence electrons. The maximum Gasteiger partial charge on any atom is -0.0412 e. The van der Waals surface area contributed by atoms with Gasteiger partial charge in [0.05, 0.1) is 0 Å². The van der Waals surface area contributed by atoms with E-state index in [1.54, 1.807) is 0 Å². The molecule has 0 aromatic rings. The lowest BCUT2D eigenvalue weighted by molar-refractivity contribution is 0.303. The normalized spacial score (nSPS) is 30.4. The van der Waals surface area contributed by atoms with Crippen molar-refractivity contribution in [2.24, 2.45) is 17.8 Å². The molecule has 1 fully saturated rings. The van der Waals surface area contributed by atoms with Crippen LogP contribution >= 0.6 is 0 Å². The van der Waals surface area contributed by atoms with Gasteiger partial charge in [0.15, 0.2) is 0 Å². The Labute approximate surface area is 96.8 Å². The van der Waals surface area contributed by atoms with Crippen LogP contribution in [0.15, 0.2) is 0 Å². The maximum atomic E-state index is 2.45. The Morgan fingerprint density at radius 2 is 1.53 bits per heavy atom. The molecule has 1 aliphatic rings. The highest BCUT2D eigenvalue weighted by Gasteiger charge is 2.14. The first-order chi connectivity index (χ1) is 7.18. The highest BCUT2D eigenvalue weighted by Crippen LogP contribution is 2.28. The van der Waals surface area contributed by atoms with Gasteiger partial charge < -0.3 is 0 Å². The molecule has 1 rings (SSSR count). The van der Waals surface area contributed by atoms with E-state index in [4.69, 9.17) is 0 Å². The molecule has 0 aromatic heterocycles. The molecule has 0 spiro atoms. The highest BCUT2D eigenvalue weighted by atomic mass is 14.2. The van der Waals surface area contributed by atoms with Crippen molar-refractivity contribution in [3.63, 3.8) is 0 Å². The summed E-state index contributed by atoms with van der Waals surface area (Å²) in [5, 5.41) is 0. The summed E-state index contributed by atoms with van der Waals surface area (Å²) in [5.41, 5.74) is 0. The molecule has 0 heterocycles. The number of rotatable bonds is 2. The molecule has 0 aliphatic heterocycles. The van der Waals surface area contributed by atoms with Crippen LogP contribution in [0, 0.1) is 17.8 Å². The van der Waals surface area contributed by atoms with Gasteiger partial charge in [-0.2, -0.15) is 0 Å². The van der Waals surface area contributed by atoms with E-state index in [0.29, 0.717) is 0 Å². The molecule has 0 bridgehead atoms. The van der Waals surface area contributed by atoms with Gasteiger partial charge in [0.25, 0.3) is 0 Å². The zero-order chi connectivity index (χ0) is 11.1. The van der Waals surface area contributed by atoms with Gasteiger partial charge in [-0.25, -0.2) is 0 Å². The van der Waals surface area contributed by atoms with E-state index in [0.717, 1.165) is 17.8 Å². The third-order valence-corrected chi connectivity index (χ3v) is 3.93. The molecule has 15 heavy (non-hydrogen) atoms. The van der Waals surface area contributed by atoms with Crippen LogP contribution in [0.5, 0.6) is 0 Å². The molecule has 2 atom stereocenters. The van der Waals surface area contributed by atoms with Crippen LogP contribution in [0.4, 0.5) is 0 Å². The van der Waals surface area contributed by atoms with Crippen molar-refractivity contribution in [1.82, 2.24) is 0 Å². The van der Waals surface area contributed by atoms with Crippen molar-refractivity contribution in [3.05, 3.63) is 0 Å². The quantitative estimate of drug-likeness (QED) is 0.571. The summed E-state index contributed by atoms with van der Waals surface area (Å²) < 4.78 is 0. The molecule has 1 saturated carbocycles. The molecular weight excluding hydrogens is 180 g/mol. The van der Waals surface area contributed by atoms with Gasteiger partial charge in [-0.15, -0.1) is 0 Å². The van der Waals surface area contributed by atoms with Gasteiger partial charge in [0.2, 0.25) is 0 Å². The molecule has 0 saturated heterocycles. The molecule has 0 radical (unpaired) electrons. The van der Waals surface area contributed by atoms with E-state index >= 15 is 0 Å². The van der Waals surface area contributed by atoms with E-state index in [9.17, 15) is 0 Å². The Hall–Kier alpha value is 0. The molecule has 1 aliphatic carbocycles. The molecule has 0 N–H and O–H groups in total. The Bertz CT molecular complexity index is 148. The van der Waals surface area contributed by atoms with Gasteiger partial charge >= 0.3 is 0 Å². The molecule has 0 aromatic carbocycles. The summed E-state index contributed by atoms with van der Waals surface area (Å²) in [6.07, 6.45) is 13.4. The fraction of sp³-hybridized carbons (Fsp3) is 1.00. The van der Waals surface area contributed by atoms with Crippen molar-refractivity contribution in [2.45, 2.75) is 78.6 Å². The third kappa shape index (κ3) is 6.22. The molecular formula is C15H30. The first-order valence-electron chi connectivity index (χ1n) is 7.18. The third-order valence-electron chi connectivity index (χ3n) is 3.93. The van der Waals surface area contributed by atoms with Gasteiger partial charge in [-0.1, -0.05) is 72.1 Å². The first kappa shape index (κ1) is 13.1. The minimum absolute atomic E-state index is 0.897. The van der Waals surface area contributed by atoms with Crippen LogP contribution < -0.4 is 0 Å². The van der Waals surface area contributed by atoms with Crippen LogP contribution in [0.2, 0.25) is 0 Å². The number of hydrogen-bond acceptors (Lipinski definition) is 0. The fourth-order valence-electron chi connectivity index (χ4n) is 2.99. The molecule has 0 heteroatoms. The van der Waals surface area contributed by atoms with Gasteiger partial charge in [-0.3, -0.25) is 0 Å². The zero-order valence-corrected chi connectivity index (χ0v) is 11.1. The summed E-state index contributed by atoms with van der Waals surface area (Å²) >= 11 is 0. The zero-order valence-electron chi connectivity index (χ0n) is 11.1. The number of hydrogen-bond donors (Lipinski definition) is 0. The second-order valence-electron chi connectivity index (χ2n) is 6.17. The minimum atomic E-state index is 0.897. The summed E-state index contributed by atoms with van der Waals surface area (Å²) in [5.74, 6) is 2.91. The van der Waals surface area contributed by atoms with E-state index in [2.05, 4.69) is 20.8 Å². The Kier molecular flexibility index (Phi) is 6.36. The Balaban J connectivity index is 2.33. The van der Waals surface area contributed by atoms with E-state index in [-0.39, 0.29) is 0 Å². The predicted molar refractivity (Wildman–Crippen MR) is 69.0 cm³/mol. The topological polar surface area (TPSA) is 0 Å². The van der Waals surface area contributed by atoms with E-state index in [1.807, 2.05) is 0 Å². The van der Waals surface area contributed by atoms with Gasteiger partial charge in [0, 0.05) is 0 Å². The lowest BCUT2D eigenvalue weighted by Gasteiger charge is -2.22. The van der Waals surface area contributed by atoms with Crippen molar-refractivity contribution >= 4 is 0 Å². The Morgan fingerprint density at radius 1 is 0.867 bits per heavy atom. The van der Waals surface area contributed by atoms with Crippen molar-refractivity contribution in [3.8, 4) is 0 Å². The van der Waals surface area contributed by atoms with Gasteiger partial charge in [-0.05, 0) is 24.2 Å². The predicted octanol–water partition coefficient (Wildman–Crippen LogP) is 5.42. The SMILES string of the molecule is CC(C)CC1CCCCCCC(C)CC1. The van der Waals surface area contributed by atoms with Crippen LogP contribution in [0.3, 0.4) is 0 Å². The second-order valence-corrected chi connectivity index (χ2v) is 6.17. The standard InChI is InChI=1S/C15H30/c1-13(2)12-15-9-7-5-4-6-8-14(3)10-11-15/h13-15H,4-12H2,1-3H3. The average molecular weight is 210 g/mol. The smallest absolute Gasteiger partial charge is 0.0412 e. The summed E-state index contributed by atoms with van der Waals surface area (Å²) in [7, 11) is 0. The van der Waals surface area contributed by atoms with E-state index < -0.39 is 0 Å². The average Bonchev–Trinajstić information content (AvgIpc) is 2.18. The van der Waals surface area contributed by atoms with Crippen LogP contribution in [0.25, 0.3) is 0 Å². The van der Waals surface area contributed by atoms with Crippen molar-refractivity contribution < 1.29 is 0 Å². The molecule has 0 amide bonds. The molecule has 0 nitrogen and oxygen atoms in total. The van der Waals surface area contributed by atoms with Crippen molar-refractivity contribution in [2.75, 3.05) is 0 Å². The van der Waals surface area contributed by atoms with Crippen LogP contribution in [-0.2, 0) is 0 Å². The maximum absolute atomic E-state index is 2.45. The Morgan fingerprint density at radius 3 is 2.20 bits per heavy atom. The largest absolute Gasteiger partial charge is 0.0628 e. The minimum Gasteiger partial charge on any atom is -0.0628 e. The highest BCUT2D eigenvalue weighted by molar-refractivity contribution is 4.66. The lowest BCUT2D eigenvalue weighted by Crippen LogP contribution is -2.08. The second kappa shape index (κ2) is 7.30.